The summed E-state index contributed by atoms with van der Waals surface area (Å²) in [6.07, 6.45) is 0. The van der Waals surface area contributed by atoms with Gasteiger partial charge in [-0.15, -0.1) is 0 Å². The van der Waals surface area contributed by atoms with Crippen molar-refractivity contribution in [3.05, 3.63) is 69.1 Å². The molecule has 3 aromatic carbocycles. The van der Waals surface area contributed by atoms with E-state index in [1.54, 1.807) is 62.3 Å². The van der Waals surface area contributed by atoms with E-state index in [-0.39, 0.29) is 21.4 Å². The van der Waals surface area contributed by atoms with Crippen LogP contribution in [-0.4, -0.2) is 29.2 Å². The molecule has 0 aliphatic rings. The molecule has 0 aliphatic carbocycles. The second-order valence-corrected chi connectivity index (χ2v) is 9.70. The molecule has 9 heteroatoms. The zero-order valence-electron chi connectivity index (χ0n) is 17.2. The van der Waals surface area contributed by atoms with Crippen molar-refractivity contribution in [2.24, 2.45) is 0 Å². The van der Waals surface area contributed by atoms with Gasteiger partial charge in [0.05, 0.1) is 0 Å². The van der Waals surface area contributed by atoms with Gasteiger partial charge < -0.3 is 14.4 Å². The first-order valence-corrected chi connectivity index (χ1v) is 11.6. The van der Waals surface area contributed by atoms with Gasteiger partial charge in [-0.25, -0.2) is 8.78 Å². The molecule has 0 spiro atoms. The van der Waals surface area contributed by atoms with Gasteiger partial charge in [0.15, 0.2) is 5.05 Å². The molecule has 0 saturated heterocycles. The Kier molecular flexibility index (Phi) is 7.97. The lowest BCUT2D eigenvalue weighted by atomic mass is 9.98. The Hall–Kier alpha value is -1.94. The van der Waals surface area contributed by atoms with Gasteiger partial charge in [-0.2, -0.15) is 0 Å². The van der Waals surface area contributed by atoms with E-state index in [2.05, 4.69) is 31.9 Å². The summed E-state index contributed by atoms with van der Waals surface area (Å²) < 4.78 is 43.3. The van der Waals surface area contributed by atoms with Crippen molar-refractivity contribution < 1.29 is 18.3 Å². The first kappa shape index (κ1) is 24.7. The Balaban J connectivity index is 2.15. The van der Waals surface area contributed by atoms with E-state index >= 15 is 8.78 Å². The summed E-state index contributed by atoms with van der Waals surface area (Å²) in [4.78, 5) is 1.61. The summed E-state index contributed by atoms with van der Waals surface area (Å²) in [5, 5.41) is 0.455. The monoisotopic (exact) mass is 599 g/mol. The number of hydrogen-bond donors (Lipinski definition) is 0. The number of ether oxygens (including phenoxy) is 2. The fourth-order valence-corrected chi connectivity index (χ4v) is 3.80. The van der Waals surface area contributed by atoms with Gasteiger partial charge in [-0.3, -0.25) is 0 Å². The second-order valence-electron chi connectivity index (χ2n) is 6.95. The van der Waals surface area contributed by atoms with Crippen LogP contribution in [0.4, 0.5) is 8.78 Å². The minimum Gasteiger partial charge on any atom is -0.450 e. The van der Waals surface area contributed by atoms with E-state index in [9.17, 15) is 0 Å². The molecule has 0 atom stereocenters. The lowest BCUT2D eigenvalue weighted by Crippen LogP contribution is -2.25. The predicted molar refractivity (Wildman–Crippen MR) is 138 cm³/mol. The van der Waals surface area contributed by atoms with E-state index in [4.69, 9.17) is 33.9 Å². The summed E-state index contributed by atoms with van der Waals surface area (Å²) >= 11 is 16.9. The molecule has 0 fully saturated rings. The molecule has 3 nitrogen and oxygen atoms in total. The fraction of sp³-hybridized carbons (Fsp3) is 0.130. The molecule has 3 rings (SSSR count). The van der Waals surface area contributed by atoms with Crippen molar-refractivity contribution in [1.29, 1.82) is 0 Å². The summed E-state index contributed by atoms with van der Waals surface area (Å²) in [5.74, 6) is -0.632. The summed E-state index contributed by atoms with van der Waals surface area (Å²) in [6, 6.07) is 12.3. The molecule has 0 radical (unpaired) electrons. The Morgan fingerprint density at radius 2 is 1.19 bits per heavy atom. The molecular formula is C23H17Br2F2NO2S2. The SMILES string of the molecule is CC(=S)Oc1ccc(Br)cc1-c1cc(F)c(-c2cc(Br)ccc2OC(=S)N(C)C)cc1F. The minimum atomic E-state index is -0.634. The highest BCUT2D eigenvalue weighted by molar-refractivity contribution is 9.10. The standard InChI is InChI=1S/C23H17Br2F2NO2S2/c1-12(31)29-21-6-4-13(24)8-17(21)15-10-20(27)16(11-19(15)26)18-9-14(25)5-7-22(18)30-23(32)28(2)3/h4-11H,1-3H3. The van der Waals surface area contributed by atoms with Crippen molar-refractivity contribution in [1.82, 2.24) is 4.90 Å². The van der Waals surface area contributed by atoms with Crippen LogP contribution in [0.25, 0.3) is 22.3 Å². The normalized spacial score (nSPS) is 10.6. The van der Waals surface area contributed by atoms with Crippen LogP contribution < -0.4 is 9.47 Å². The van der Waals surface area contributed by atoms with Crippen LogP contribution in [0.3, 0.4) is 0 Å². The highest BCUT2D eigenvalue weighted by Gasteiger charge is 2.20. The average Bonchev–Trinajstić information content (AvgIpc) is 2.71. The molecule has 0 heterocycles. The molecule has 32 heavy (non-hydrogen) atoms. The summed E-state index contributed by atoms with van der Waals surface area (Å²) in [6.45, 7) is 1.61. The van der Waals surface area contributed by atoms with Gasteiger partial charge in [-0.05, 0) is 73.0 Å². The number of thiocarbonyl (C=S) groups is 2. The maximum absolute atomic E-state index is 15.3. The van der Waals surface area contributed by atoms with Crippen molar-refractivity contribution in [2.45, 2.75) is 6.92 Å². The lowest BCUT2D eigenvalue weighted by molar-refractivity contribution is 0.450. The van der Waals surface area contributed by atoms with Crippen molar-refractivity contribution >= 4 is 66.5 Å². The summed E-state index contributed by atoms with van der Waals surface area (Å²) in [7, 11) is 3.46. The van der Waals surface area contributed by atoms with Gasteiger partial charge in [0, 0.05) is 52.2 Å². The third-order valence-corrected chi connectivity index (χ3v) is 5.85. The van der Waals surface area contributed by atoms with Crippen LogP contribution in [0.5, 0.6) is 11.5 Å². The van der Waals surface area contributed by atoms with E-state index in [1.165, 1.54) is 0 Å². The van der Waals surface area contributed by atoms with Gasteiger partial charge >= 0.3 is 0 Å². The highest BCUT2D eigenvalue weighted by Crippen LogP contribution is 2.40. The zero-order chi connectivity index (χ0) is 23.6. The molecule has 0 amide bonds. The maximum Gasteiger partial charge on any atom is 0.264 e. The molecule has 0 aliphatic heterocycles. The molecular weight excluding hydrogens is 584 g/mol. The molecule has 0 saturated carbocycles. The van der Waals surface area contributed by atoms with Crippen LogP contribution in [0.2, 0.25) is 0 Å². The van der Waals surface area contributed by atoms with Gasteiger partial charge in [0.2, 0.25) is 0 Å². The second kappa shape index (κ2) is 10.3. The van der Waals surface area contributed by atoms with Gasteiger partial charge in [0.25, 0.3) is 5.17 Å². The number of benzene rings is 3. The Morgan fingerprint density at radius 1 is 0.750 bits per heavy atom. The number of nitrogens with zero attached hydrogens (tertiary/aromatic N) is 1. The quantitative estimate of drug-likeness (QED) is 0.284. The highest BCUT2D eigenvalue weighted by atomic mass is 79.9. The third kappa shape index (κ3) is 5.70. The molecule has 0 unspecified atom stereocenters. The van der Waals surface area contributed by atoms with Gasteiger partial charge in [0.1, 0.15) is 23.1 Å². The van der Waals surface area contributed by atoms with Crippen molar-refractivity contribution in [3.63, 3.8) is 0 Å². The summed E-state index contributed by atoms with van der Waals surface area (Å²) in [5.41, 5.74) is 0.797. The first-order valence-electron chi connectivity index (χ1n) is 9.23. The zero-order valence-corrected chi connectivity index (χ0v) is 22.0. The van der Waals surface area contributed by atoms with Crippen molar-refractivity contribution in [3.8, 4) is 33.8 Å². The van der Waals surface area contributed by atoms with E-state index in [1.807, 2.05) is 0 Å². The topological polar surface area (TPSA) is 21.7 Å². The molecule has 0 N–H and O–H groups in total. The smallest absolute Gasteiger partial charge is 0.264 e. The molecule has 166 valence electrons. The maximum atomic E-state index is 15.3. The molecule has 0 aromatic heterocycles. The Labute approximate surface area is 212 Å². The van der Waals surface area contributed by atoms with E-state index in [0.29, 0.717) is 31.6 Å². The van der Waals surface area contributed by atoms with Gasteiger partial charge in [-0.1, -0.05) is 31.9 Å². The molecule has 3 aromatic rings. The number of halogens is 4. The van der Waals surface area contributed by atoms with E-state index < -0.39 is 11.6 Å². The average molecular weight is 601 g/mol. The Morgan fingerprint density at radius 3 is 1.59 bits per heavy atom. The first-order chi connectivity index (χ1) is 15.1. The lowest BCUT2D eigenvalue weighted by Gasteiger charge is -2.18. The van der Waals surface area contributed by atoms with Crippen LogP contribution >= 0.6 is 56.3 Å². The van der Waals surface area contributed by atoms with Crippen LogP contribution in [0.1, 0.15) is 6.92 Å². The van der Waals surface area contributed by atoms with Crippen LogP contribution in [-0.2, 0) is 0 Å². The van der Waals surface area contributed by atoms with Crippen molar-refractivity contribution in [2.75, 3.05) is 14.1 Å². The van der Waals surface area contributed by atoms with Crippen LogP contribution in [0.15, 0.2) is 57.5 Å². The number of rotatable bonds is 4. The predicted octanol–water partition coefficient (Wildman–Crippen LogP) is 7.78. The fourth-order valence-electron chi connectivity index (χ4n) is 2.90. The minimum absolute atomic E-state index is 0.0348. The molecule has 0 bridgehead atoms. The van der Waals surface area contributed by atoms with Crippen LogP contribution in [0, 0.1) is 11.6 Å². The van der Waals surface area contributed by atoms with E-state index in [0.717, 1.165) is 12.1 Å². The number of hydrogen-bond acceptors (Lipinski definition) is 4. The Bertz CT molecular complexity index is 1220. The third-order valence-electron chi connectivity index (χ3n) is 4.34. The largest absolute Gasteiger partial charge is 0.450 e.